The van der Waals surface area contributed by atoms with E-state index in [1.807, 2.05) is 0 Å². The van der Waals surface area contributed by atoms with Crippen LogP contribution >= 0.6 is 0 Å². The zero-order valence-electron chi connectivity index (χ0n) is 11.8. The molecule has 0 N–H and O–H groups in total. The summed E-state index contributed by atoms with van der Waals surface area (Å²) < 4.78 is 6.41. The van der Waals surface area contributed by atoms with Crippen LogP contribution in [0.5, 0.6) is 0 Å². The monoisotopic (exact) mass is 289 g/mol. The summed E-state index contributed by atoms with van der Waals surface area (Å²) >= 11 is 0. The number of hydrogen-bond donors (Lipinski definition) is 0. The summed E-state index contributed by atoms with van der Waals surface area (Å²) in [6.07, 6.45) is 1.24. The largest absolute Gasteiger partial charge is 0.462 e. The topological polar surface area (TPSA) is 87.3 Å². The van der Waals surface area contributed by atoms with Gasteiger partial charge in [0.05, 0.1) is 12.2 Å². The van der Waals surface area contributed by atoms with Crippen molar-refractivity contribution >= 4 is 11.8 Å². The van der Waals surface area contributed by atoms with Crippen molar-refractivity contribution in [2.24, 2.45) is 0 Å². The van der Waals surface area contributed by atoms with Crippen molar-refractivity contribution in [3.8, 4) is 0 Å². The van der Waals surface area contributed by atoms with E-state index in [4.69, 9.17) is 4.74 Å². The SMILES string of the molecule is CCOC(=O)c1ccc(Cn2c([N+](=O)[O-])cnc2C)cc1. The summed E-state index contributed by atoms with van der Waals surface area (Å²) in [5.41, 5.74) is 1.30. The fourth-order valence-electron chi connectivity index (χ4n) is 1.94. The number of esters is 1. The van der Waals surface area contributed by atoms with E-state index in [1.54, 1.807) is 38.1 Å². The molecular formula is C14H15N3O4. The van der Waals surface area contributed by atoms with Crippen LogP contribution in [0.2, 0.25) is 0 Å². The maximum atomic E-state index is 11.5. The Morgan fingerprint density at radius 3 is 2.62 bits per heavy atom. The summed E-state index contributed by atoms with van der Waals surface area (Å²) in [5, 5.41) is 10.9. The number of carbonyl (C=O) groups excluding carboxylic acids is 1. The molecule has 0 saturated carbocycles. The lowest BCUT2D eigenvalue weighted by molar-refractivity contribution is -0.392. The van der Waals surface area contributed by atoms with Gasteiger partial charge in [0.15, 0.2) is 5.82 Å². The predicted molar refractivity (Wildman–Crippen MR) is 75.1 cm³/mol. The van der Waals surface area contributed by atoms with Gasteiger partial charge < -0.3 is 14.9 Å². The van der Waals surface area contributed by atoms with Gasteiger partial charge in [-0.2, -0.15) is 0 Å². The van der Waals surface area contributed by atoms with Crippen LogP contribution in [0.25, 0.3) is 0 Å². The first-order valence-electron chi connectivity index (χ1n) is 6.45. The first-order chi connectivity index (χ1) is 10.0. The van der Waals surface area contributed by atoms with Crippen molar-refractivity contribution < 1.29 is 14.5 Å². The van der Waals surface area contributed by atoms with Gasteiger partial charge in [0.2, 0.25) is 0 Å². The Labute approximate surface area is 121 Å². The third kappa shape index (κ3) is 3.25. The lowest BCUT2D eigenvalue weighted by Crippen LogP contribution is -2.07. The number of ether oxygens (including phenoxy) is 1. The minimum atomic E-state index is -0.465. The van der Waals surface area contributed by atoms with Gasteiger partial charge in [-0.1, -0.05) is 12.1 Å². The van der Waals surface area contributed by atoms with Gasteiger partial charge in [-0.05, 0) is 29.5 Å². The normalized spacial score (nSPS) is 10.4. The molecule has 0 spiro atoms. The van der Waals surface area contributed by atoms with Crippen molar-refractivity contribution in [1.29, 1.82) is 0 Å². The van der Waals surface area contributed by atoms with E-state index in [-0.39, 0.29) is 11.8 Å². The van der Waals surface area contributed by atoms with E-state index in [0.717, 1.165) is 5.56 Å². The zero-order chi connectivity index (χ0) is 15.4. The molecule has 0 amide bonds. The van der Waals surface area contributed by atoms with E-state index < -0.39 is 4.92 Å². The Balaban J connectivity index is 2.19. The lowest BCUT2D eigenvalue weighted by Gasteiger charge is -2.05. The molecule has 1 aromatic heterocycles. The number of aromatic nitrogens is 2. The van der Waals surface area contributed by atoms with Crippen LogP contribution in [-0.2, 0) is 11.3 Å². The van der Waals surface area contributed by atoms with E-state index in [9.17, 15) is 14.9 Å². The smallest absolute Gasteiger partial charge is 0.343 e. The van der Waals surface area contributed by atoms with Crippen molar-refractivity contribution in [2.75, 3.05) is 6.61 Å². The predicted octanol–water partition coefficient (Wildman–Crippen LogP) is 2.32. The molecule has 0 unspecified atom stereocenters. The molecule has 110 valence electrons. The molecule has 1 heterocycles. The third-order valence-corrected chi connectivity index (χ3v) is 3.03. The number of rotatable bonds is 5. The summed E-state index contributed by atoms with van der Waals surface area (Å²) in [4.78, 5) is 26.0. The Bertz CT molecular complexity index is 661. The van der Waals surface area contributed by atoms with Crippen LogP contribution in [-0.4, -0.2) is 27.1 Å². The van der Waals surface area contributed by atoms with Gasteiger partial charge in [0, 0.05) is 6.92 Å². The maximum absolute atomic E-state index is 11.5. The summed E-state index contributed by atoms with van der Waals surface area (Å²) in [7, 11) is 0. The van der Waals surface area contributed by atoms with Gasteiger partial charge in [0.25, 0.3) is 0 Å². The Kier molecular flexibility index (Phi) is 4.32. The highest BCUT2D eigenvalue weighted by atomic mass is 16.6. The Hall–Kier alpha value is -2.70. The fraction of sp³-hybridized carbons (Fsp3) is 0.286. The molecule has 7 nitrogen and oxygen atoms in total. The van der Waals surface area contributed by atoms with E-state index in [2.05, 4.69) is 4.98 Å². The molecule has 0 atom stereocenters. The number of nitro groups is 1. The van der Waals surface area contributed by atoms with Crippen molar-refractivity contribution in [3.63, 3.8) is 0 Å². The number of benzene rings is 1. The molecule has 0 fully saturated rings. The molecule has 0 aliphatic rings. The second-order valence-electron chi connectivity index (χ2n) is 4.42. The van der Waals surface area contributed by atoms with Crippen LogP contribution in [0, 0.1) is 17.0 Å². The van der Waals surface area contributed by atoms with Gasteiger partial charge in [-0.15, -0.1) is 0 Å². The number of imidazole rings is 1. The van der Waals surface area contributed by atoms with Gasteiger partial charge in [0.1, 0.15) is 12.7 Å². The maximum Gasteiger partial charge on any atom is 0.343 e. The number of aryl methyl sites for hydroxylation is 1. The highest BCUT2D eigenvalue weighted by Gasteiger charge is 2.17. The summed E-state index contributed by atoms with van der Waals surface area (Å²) in [5.74, 6) is 0.131. The molecule has 21 heavy (non-hydrogen) atoms. The minimum Gasteiger partial charge on any atom is -0.462 e. The number of nitrogens with zero attached hydrogens (tertiary/aromatic N) is 3. The second kappa shape index (κ2) is 6.17. The highest BCUT2D eigenvalue weighted by Crippen LogP contribution is 2.16. The van der Waals surface area contributed by atoms with Crippen LogP contribution in [0.4, 0.5) is 5.82 Å². The van der Waals surface area contributed by atoms with Crippen LogP contribution in [0.1, 0.15) is 28.7 Å². The number of carbonyl (C=O) groups is 1. The molecule has 0 aliphatic heterocycles. The van der Waals surface area contributed by atoms with Crippen LogP contribution in [0.3, 0.4) is 0 Å². The Morgan fingerprint density at radius 2 is 2.05 bits per heavy atom. The van der Waals surface area contributed by atoms with E-state index in [0.29, 0.717) is 24.5 Å². The van der Waals surface area contributed by atoms with Gasteiger partial charge in [-0.25, -0.2) is 14.3 Å². The molecule has 2 rings (SSSR count). The first-order valence-corrected chi connectivity index (χ1v) is 6.45. The van der Waals surface area contributed by atoms with Crippen LogP contribution < -0.4 is 0 Å². The molecule has 7 heteroatoms. The third-order valence-electron chi connectivity index (χ3n) is 3.03. The minimum absolute atomic E-state index is 0.0537. The molecule has 1 aromatic carbocycles. The second-order valence-corrected chi connectivity index (χ2v) is 4.42. The molecule has 0 saturated heterocycles. The van der Waals surface area contributed by atoms with E-state index >= 15 is 0 Å². The highest BCUT2D eigenvalue weighted by molar-refractivity contribution is 5.89. The summed E-state index contributed by atoms with van der Waals surface area (Å²) in [6.45, 7) is 4.10. The first kappa shape index (κ1) is 14.7. The fourth-order valence-corrected chi connectivity index (χ4v) is 1.94. The number of hydrogen-bond acceptors (Lipinski definition) is 5. The molecular weight excluding hydrogens is 274 g/mol. The quantitative estimate of drug-likeness (QED) is 0.479. The average Bonchev–Trinajstić information content (AvgIpc) is 2.81. The van der Waals surface area contributed by atoms with Gasteiger partial charge in [-0.3, -0.25) is 0 Å². The van der Waals surface area contributed by atoms with Crippen molar-refractivity contribution in [3.05, 3.63) is 57.5 Å². The standard InChI is InChI=1S/C14H15N3O4/c1-3-21-14(18)12-6-4-11(5-7-12)9-16-10(2)15-8-13(16)17(19)20/h4-8H,3,9H2,1-2H3. The molecule has 0 radical (unpaired) electrons. The van der Waals surface area contributed by atoms with Crippen molar-refractivity contribution in [1.82, 2.24) is 9.55 Å². The van der Waals surface area contributed by atoms with Gasteiger partial charge >= 0.3 is 11.8 Å². The average molecular weight is 289 g/mol. The van der Waals surface area contributed by atoms with Crippen LogP contribution in [0.15, 0.2) is 30.5 Å². The molecule has 2 aromatic rings. The van der Waals surface area contributed by atoms with E-state index in [1.165, 1.54) is 10.8 Å². The lowest BCUT2D eigenvalue weighted by atomic mass is 10.1. The molecule has 0 bridgehead atoms. The van der Waals surface area contributed by atoms with Crippen molar-refractivity contribution in [2.45, 2.75) is 20.4 Å². The molecule has 0 aliphatic carbocycles. The Morgan fingerprint density at radius 1 is 1.38 bits per heavy atom. The summed E-state index contributed by atoms with van der Waals surface area (Å²) in [6, 6.07) is 6.78. The zero-order valence-corrected chi connectivity index (χ0v) is 11.8.